The first-order valence-electron chi connectivity index (χ1n) is 4.28. The molecular weight excluding hydrogens is 188 g/mol. The molecule has 0 aliphatic heterocycles. The van der Waals surface area contributed by atoms with E-state index in [0.717, 1.165) is 23.5 Å². The molecule has 3 nitrogen and oxygen atoms in total. The molecule has 0 fully saturated rings. The number of aryl methyl sites for hydroxylation is 1. The van der Waals surface area contributed by atoms with Crippen molar-refractivity contribution in [3.8, 4) is 0 Å². The number of aromatic nitrogens is 2. The number of rotatable bonds is 4. The summed E-state index contributed by atoms with van der Waals surface area (Å²) in [7, 11) is 1.69. The number of ether oxygens (including phenoxy) is 1. The molecule has 13 heavy (non-hydrogen) atoms. The van der Waals surface area contributed by atoms with E-state index in [2.05, 4.69) is 5.10 Å². The van der Waals surface area contributed by atoms with Crippen LogP contribution in [0.3, 0.4) is 0 Å². The van der Waals surface area contributed by atoms with Crippen LogP contribution >= 0.6 is 11.6 Å². The van der Waals surface area contributed by atoms with Gasteiger partial charge in [-0.1, -0.05) is 0 Å². The number of nitrogens with zero attached hydrogens (tertiary/aromatic N) is 2. The zero-order valence-corrected chi connectivity index (χ0v) is 9.06. The fraction of sp³-hybridized carbons (Fsp3) is 0.667. The lowest BCUT2D eigenvalue weighted by Gasteiger charge is -2.02. The van der Waals surface area contributed by atoms with Gasteiger partial charge in [-0.25, -0.2) is 0 Å². The van der Waals surface area contributed by atoms with Gasteiger partial charge >= 0.3 is 0 Å². The molecule has 0 saturated heterocycles. The molecule has 0 bridgehead atoms. The third-order valence-electron chi connectivity index (χ3n) is 2.17. The van der Waals surface area contributed by atoms with E-state index < -0.39 is 0 Å². The monoisotopic (exact) mass is 202 g/mol. The second kappa shape index (κ2) is 4.63. The Morgan fingerprint density at radius 3 is 2.62 bits per heavy atom. The van der Waals surface area contributed by atoms with Crippen LogP contribution in [0.15, 0.2) is 0 Å². The molecule has 74 valence electrons. The van der Waals surface area contributed by atoms with Gasteiger partial charge in [0, 0.05) is 18.4 Å². The van der Waals surface area contributed by atoms with Crippen molar-refractivity contribution in [2.24, 2.45) is 0 Å². The molecule has 0 aliphatic carbocycles. The van der Waals surface area contributed by atoms with Crippen LogP contribution in [-0.4, -0.2) is 23.5 Å². The summed E-state index contributed by atoms with van der Waals surface area (Å²) in [4.78, 5) is 0. The second-order valence-electron chi connectivity index (χ2n) is 3.00. The summed E-state index contributed by atoms with van der Waals surface area (Å²) in [5.41, 5.74) is 3.30. The quantitative estimate of drug-likeness (QED) is 0.698. The SMILES string of the molecule is COCCn1nc(C)c(CCl)c1C. The molecule has 0 N–H and O–H groups in total. The standard InChI is InChI=1S/C9H15ClN2O/c1-7-9(6-10)8(2)12(11-7)4-5-13-3/h4-6H2,1-3H3. The molecule has 1 heterocycles. The highest BCUT2D eigenvalue weighted by atomic mass is 35.5. The predicted octanol–water partition coefficient (Wildman–Crippen LogP) is 1.89. The van der Waals surface area contributed by atoms with E-state index >= 15 is 0 Å². The van der Waals surface area contributed by atoms with Gasteiger partial charge in [0.15, 0.2) is 0 Å². The lowest BCUT2D eigenvalue weighted by atomic mass is 10.2. The van der Waals surface area contributed by atoms with Crippen molar-refractivity contribution in [2.45, 2.75) is 26.3 Å². The van der Waals surface area contributed by atoms with Gasteiger partial charge in [-0.2, -0.15) is 5.10 Å². The fourth-order valence-electron chi connectivity index (χ4n) is 1.32. The maximum atomic E-state index is 5.80. The lowest BCUT2D eigenvalue weighted by Crippen LogP contribution is -2.07. The topological polar surface area (TPSA) is 27.1 Å². The molecule has 0 unspecified atom stereocenters. The molecule has 0 radical (unpaired) electrons. The van der Waals surface area contributed by atoms with Crippen molar-refractivity contribution in [1.29, 1.82) is 0 Å². The van der Waals surface area contributed by atoms with E-state index in [4.69, 9.17) is 16.3 Å². The first-order valence-corrected chi connectivity index (χ1v) is 4.82. The summed E-state index contributed by atoms with van der Waals surface area (Å²) in [5.74, 6) is 0.532. The van der Waals surface area contributed by atoms with Gasteiger partial charge in [-0.15, -0.1) is 11.6 Å². The number of hydrogen-bond donors (Lipinski definition) is 0. The summed E-state index contributed by atoms with van der Waals surface area (Å²) in [6.07, 6.45) is 0. The average Bonchev–Trinajstić information content (AvgIpc) is 2.38. The smallest absolute Gasteiger partial charge is 0.0658 e. The van der Waals surface area contributed by atoms with Crippen molar-refractivity contribution in [1.82, 2.24) is 9.78 Å². The summed E-state index contributed by atoms with van der Waals surface area (Å²) >= 11 is 5.80. The maximum Gasteiger partial charge on any atom is 0.0658 e. The molecule has 1 rings (SSSR count). The van der Waals surface area contributed by atoms with Gasteiger partial charge in [0.2, 0.25) is 0 Å². The van der Waals surface area contributed by atoms with Crippen LogP contribution in [0.4, 0.5) is 0 Å². The Bertz CT molecular complexity index is 283. The lowest BCUT2D eigenvalue weighted by molar-refractivity contribution is 0.182. The van der Waals surface area contributed by atoms with Crippen LogP contribution < -0.4 is 0 Å². The van der Waals surface area contributed by atoms with Crippen LogP contribution in [0.2, 0.25) is 0 Å². The minimum absolute atomic E-state index is 0.532. The Balaban J connectivity index is 2.83. The summed E-state index contributed by atoms with van der Waals surface area (Å²) in [5, 5.41) is 4.37. The van der Waals surface area contributed by atoms with Crippen molar-refractivity contribution in [3.63, 3.8) is 0 Å². The van der Waals surface area contributed by atoms with Crippen LogP contribution in [0, 0.1) is 13.8 Å². The molecule has 1 aromatic rings. The predicted molar refractivity (Wildman–Crippen MR) is 53.1 cm³/mol. The summed E-state index contributed by atoms with van der Waals surface area (Å²) in [6, 6.07) is 0. The van der Waals surface area contributed by atoms with E-state index in [1.165, 1.54) is 0 Å². The van der Waals surface area contributed by atoms with Crippen molar-refractivity contribution in [2.75, 3.05) is 13.7 Å². The third-order valence-corrected chi connectivity index (χ3v) is 2.44. The van der Waals surface area contributed by atoms with Gasteiger partial charge in [-0.05, 0) is 13.8 Å². The second-order valence-corrected chi connectivity index (χ2v) is 3.27. The summed E-state index contributed by atoms with van der Waals surface area (Å²) < 4.78 is 6.93. The molecule has 0 atom stereocenters. The number of alkyl halides is 1. The van der Waals surface area contributed by atoms with Crippen LogP contribution in [0.25, 0.3) is 0 Å². The van der Waals surface area contributed by atoms with E-state index in [9.17, 15) is 0 Å². The average molecular weight is 203 g/mol. The Labute approximate surface area is 83.6 Å². The van der Waals surface area contributed by atoms with Crippen molar-refractivity contribution in [3.05, 3.63) is 17.0 Å². The Hall–Kier alpha value is -0.540. The normalized spacial score (nSPS) is 10.8. The van der Waals surface area contributed by atoms with Gasteiger partial charge < -0.3 is 4.74 Å². The Morgan fingerprint density at radius 2 is 2.15 bits per heavy atom. The highest BCUT2D eigenvalue weighted by Gasteiger charge is 2.09. The van der Waals surface area contributed by atoms with Crippen LogP contribution in [0.1, 0.15) is 17.0 Å². The Morgan fingerprint density at radius 1 is 1.46 bits per heavy atom. The molecule has 0 saturated carbocycles. The number of hydrogen-bond acceptors (Lipinski definition) is 2. The zero-order valence-electron chi connectivity index (χ0n) is 8.30. The fourth-order valence-corrected chi connectivity index (χ4v) is 1.71. The molecule has 0 spiro atoms. The van der Waals surface area contributed by atoms with Gasteiger partial charge in [0.1, 0.15) is 0 Å². The first-order chi connectivity index (χ1) is 6.20. The third kappa shape index (κ3) is 2.23. The molecule has 0 amide bonds. The molecular formula is C9H15ClN2O. The van der Waals surface area contributed by atoms with E-state index in [0.29, 0.717) is 12.5 Å². The number of methoxy groups -OCH3 is 1. The molecule has 1 aromatic heterocycles. The van der Waals surface area contributed by atoms with Crippen molar-refractivity contribution >= 4 is 11.6 Å². The maximum absolute atomic E-state index is 5.80. The van der Waals surface area contributed by atoms with Gasteiger partial charge in [0.25, 0.3) is 0 Å². The minimum atomic E-state index is 0.532. The van der Waals surface area contributed by atoms with Gasteiger partial charge in [0.05, 0.1) is 24.7 Å². The van der Waals surface area contributed by atoms with Crippen LogP contribution in [0.5, 0.6) is 0 Å². The van der Waals surface area contributed by atoms with Crippen molar-refractivity contribution < 1.29 is 4.74 Å². The van der Waals surface area contributed by atoms with E-state index in [1.54, 1.807) is 7.11 Å². The van der Waals surface area contributed by atoms with Crippen LogP contribution in [-0.2, 0) is 17.2 Å². The molecule has 4 heteroatoms. The zero-order chi connectivity index (χ0) is 9.84. The largest absolute Gasteiger partial charge is 0.383 e. The molecule has 0 aliphatic rings. The summed E-state index contributed by atoms with van der Waals surface area (Å²) in [6.45, 7) is 5.49. The molecule has 0 aromatic carbocycles. The highest BCUT2D eigenvalue weighted by Crippen LogP contribution is 2.14. The van der Waals surface area contributed by atoms with Gasteiger partial charge in [-0.3, -0.25) is 4.68 Å². The van der Waals surface area contributed by atoms with E-state index in [1.807, 2.05) is 18.5 Å². The minimum Gasteiger partial charge on any atom is -0.383 e. The first kappa shape index (κ1) is 10.5. The Kier molecular flexibility index (Phi) is 3.75. The van der Waals surface area contributed by atoms with E-state index in [-0.39, 0.29) is 0 Å². The highest BCUT2D eigenvalue weighted by molar-refractivity contribution is 6.17. The number of halogens is 1.